The van der Waals surface area contributed by atoms with E-state index in [0.29, 0.717) is 6.42 Å². The molecule has 0 saturated carbocycles. The smallest absolute Gasteiger partial charge is 0.0954 e. The van der Waals surface area contributed by atoms with Crippen molar-refractivity contribution in [3.05, 3.63) is 53.1 Å². The van der Waals surface area contributed by atoms with Crippen LogP contribution in [0.5, 0.6) is 0 Å². The maximum absolute atomic E-state index is 8.67. The molecule has 0 aliphatic carbocycles. The second kappa shape index (κ2) is 6.21. The Kier molecular flexibility index (Phi) is 4.38. The predicted molar refractivity (Wildman–Crippen MR) is 75.8 cm³/mol. The van der Waals surface area contributed by atoms with E-state index in [-0.39, 0.29) is 6.61 Å². The van der Waals surface area contributed by atoms with E-state index in [1.54, 1.807) is 0 Å². The van der Waals surface area contributed by atoms with Crippen molar-refractivity contribution in [3.63, 3.8) is 0 Å². The summed E-state index contributed by atoms with van der Waals surface area (Å²) in [4.78, 5) is 4.30. The summed E-state index contributed by atoms with van der Waals surface area (Å²) in [5.41, 5.74) is 4.49. The van der Waals surface area contributed by atoms with Gasteiger partial charge in [-0.3, -0.25) is 0 Å². The summed E-state index contributed by atoms with van der Waals surface area (Å²) in [5.74, 6) is 5.94. The molecule has 1 aromatic carbocycles. The van der Waals surface area contributed by atoms with Gasteiger partial charge < -0.3 is 9.67 Å². The quantitative estimate of drug-likeness (QED) is 0.853. The number of hydrogen-bond donors (Lipinski definition) is 1. The van der Waals surface area contributed by atoms with Gasteiger partial charge in [0.05, 0.1) is 18.6 Å². The van der Waals surface area contributed by atoms with E-state index in [0.717, 1.165) is 17.8 Å². The lowest BCUT2D eigenvalue weighted by molar-refractivity contribution is 0.305. The Balaban J connectivity index is 2.07. The van der Waals surface area contributed by atoms with Gasteiger partial charge in [-0.2, -0.15) is 0 Å². The molecule has 0 saturated heterocycles. The average molecular weight is 254 g/mol. The summed E-state index contributed by atoms with van der Waals surface area (Å²) in [5, 5.41) is 8.67. The van der Waals surface area contributed by atoms with Crippen LogP contribution in [0, 0.1) is 25.7 Å². The molecule has 2 aromatic rings. The monoisotopic (exact) mass is 254 g/mol. The van der Waals surface area contributed by atoms with Crippen LogP contribution in [0.4, 0.5) is 0 Å². The molecule has 0 amide bonds. The van der Waals surface area contributed by atoms with Crippen molar-refractivity contribution in [2.24, 2.45) is 0 Å². The lowest BCUT2D eigenvalue weighted by Gasteiger charge is -2.05. The van der Waals surface area contributed by atoms with E-state index in [2.05, 4.69) is 40.4 Å². The van der Waals surface area contributed by atoms with Gasteiger partial charge in [0.1, 0.15) is 0 Å². The molecule has 3 nitrogen and oxygen atoms in total. The minimum Gasteiger partial charge on any atom is -0.395 e. The van der Waals surface area contributed by atoms with Crippen LogP contribution in [0.1, 0.15) is 28.9 Å². The summed E-state index contributed by atoms with van der Waals surface area (Å²) < 4.78 is 2.14. The van der Waals surface area contributed by atoms with Gasteiger partial charge >= 0.3 is 0 Å². The van der Waals surface area contributed by atoms with Gasteiger partial charge in [-0.25, -0.2) is 4.98 Å². The SMILES string of the molecule is Cc1ncn(Cc2ccc(C#CCCO)cc2)c1C. The summed E-state index contributed by atoms with van der Waals surface area (Å²) in [7, 11) is 0. The number of rotatable bonds is 3. The van der Waals surface area contributed by atoms with E-state index in [9.17, 15) is 0 Å². The Morgan fingerprint density at radius 2 is 1.95 bits per heavy atom. The molecular weight excluding hydrogens is 236 g/mol. The Morgan fingerprint density at radius 3 is 2.53 bits per heavy atom. The fourth-order valence-corrected chi connectivity index (χ4v) is 1.81. The van der Waals surface area contributed by atoms with Crippen LogP contribution in [-0.4, -0.2) is 21.3 Å². The first-order valence-corrected chi connectivity index (χ1v) is 6.37. The standard InChI is InChI=1S/C16H18N2O/c1-13-14(2)18(12-17-13)11-16-8-6-15(7-9-16)5-3-4-10-19/h6-9,12,19H,4,10-11H2,1-2H3. The zero-order chi connectivity index (χ0) is 13.7. The van der Waals surface area contributed by atoms with Crippen LogP contribution in [-0.2, 0) is 6.54 Å². The van der Waals surface area contributed by atoms with Gasteiger partial charge in [0, 0.05) is 24.2 Å². The highest BCUT2D eigenvalue weighted by Crippen LogP contribution is 2.10. The maximum atomic E-state index is 8.67. The van der Waals surface area contributed by atoms with Crippen LogP contribution in [0.25, 0.3) is 0 Å². The summed E-state index contributed by atoms with van der Waals surface area (Å²) in [6, 6.07) is 8.19. The lowest BCUT2D eigenvalue weighted by atomic mass is 10.1. The third-order valence-electron chi connectivity index (χ3n) is 3.12. The zero-order valence-electron chi connectivity index (χ0n) is 11.3. The van der Waals surface area contributed by atoms with Crippen molar-refractivity contribution < 1.29 is 5.11 Å². The van der Waals surface area contributed by atoms with Crippen LogP contribution in [0.2, 0.25) is 0 Å². The molecule has 0 fully saturated rings. The van der Waals surface area contributed by atoms with Crippen molar-refractivity contribution in [1.29, 1.82) is 0 Å². The molecule has 0 atom stereocenters. The molecular formula is C16H18N2O. The molecule has 3 heteroatoms. The Morgan fingerprint density at radius 1 is 1.21 bits per heavy atom. The topological polar surface area (TPSA) is 38.0 Å². The first kappa shape index (κ1) is 13.4. The van der Waals surface area contributed by atoms with Gasteiger partial charge in [-0.1, -0.05) is 24.0 Å². The van der Waals surface area contributed by atoms with Crippen molar-refractivity contribution in [2.45, 2.75) is 26.8 Å². The number of nitrogens with zero attached hydrogens (tertiary/aromatic N) is 2. The van der Waals surface area contributed by atoms with E-state index in [1.807, 2.05) is 25.4 Å². The Labute approximate surface area is 113 Å². The molecule has 0 radical (unpaired) electrons. The second-order valence-electron chi connectivity index (χ2n) is 4.52. The van der Waals surface area contributed by atoms with E-state index < -0.39 is 0 Å². The molecule has 0 unspecified atom stereocenters. The molecule has 98 valence electrons. The van der Waals surface area contributed by atoms with Crippen molar-refractivity contribution >= 4 is 0 Å². The fourth-order valence-electron chi connectivity index (χ4n) is 1.81. The number of aromatic nitrogens is 2. The average Bonchev–Trinajstić information content (AvgIpc) is 2.73. The van der Waals surface area contributed by atoms with Gasteiger partial charge in [0.2, 0.25) is 0 Å². The highest BCUT2D eigenvalue weighted by molar-refractivity contribution is 5.36. The summed E-state index contributed by atoms with van der Waals surface area (Å²) in [6.07, 6.45) is 2.40. The summed E-state index contributed by atoms with van der Waals surface area (Å²) >= 11 is 0. The minimum absolute atomic E-state index is 0.115. The molecule has 1 N–H and O–H groups in total. The van der Waals surface area contributed by atoms with E-state index >= 15 is 0 Å². The Bertz CT molecular complexity index is 600. The van der Waals surface area contributed by atoms with Crippen molar-refractivity contribution in [2.75, 3.05) is 6.61 Å². The maximum Gasteiger partial charge on any atom is 0.0954 e. The molecule has 1 heterocycles. The molecule has 0 aliphatic rings. The van der Waals surface area contributed by atoms with Gasteiger partial charge in [-0.05, 0) is 31.5 Å². The van der Waals surface area contributed by atoms with Gasteiger partial charge in [-0.15, -0.1) is 0 Å². The van der Waals surface area contributed by atoms with Crippen LogP contribution < -0.4 is 0 Å². The fraction of sp³-hybridized carbons (Fsp3) is 0.312. The highest BCUT2D eigenvalue weighted by Gasteiger charge is 2.02. The van der Waals surface area contributed by atoms with Crippen LogP contribution in [0.3, 0.4) is 0 Å². The number of benzene rings is 1. The summed E-state index contributed by atoms with van der Waals surface area (Å²) in [6.45, 7) is 5.05. The van der Waals surface area contributed by atoms with E-state index in [4.69, 9.17) is 5.11 Å². The van der Waals surface area contributed by atoms with Crippen LogP contribution in [0.15, 0.2) is 30.6 Å². The molecule has 19 heavy (non-hydrogen) atoms. The number of aryl methyl sites for hydroxylation is 1. The number of hydrogen-bond acceptors (Lipinski definition) is 2. The molecule has 2 rings (SSSR count). The number of aliphatic hydroxyl groups is 1. The largest absolute Gasteiger partial charge is 0.395 e. The van der Waals surface area contributed by atoms with E-state index in [1.165, 1.54) is 11.3 Å². The molecule has 0 aliphatic heterocycles. The normalized spacial score (nSPS) is 10.1. The van der Waals surface area contributed by atoms with Crippen molar-refractivity contribution in [3.8, 4) is 11.8 Å². The highest BCUT2D eigenvalue weighted by atomic mass is 16.2. The molecule has 0 spiro atoms. The van der Waals surface area contributed by atoms with Crippen LogP contribution >= 0.6 is 0 Å². The third-order valence-corrected chi connectivity index (χ3v) is 3.12. The first-order valence-electron chi connectivity index (χ1n) is 6.37. The molecule has 1 aromatic heterocycles. The van der Waals surface area contributed by atoms with Gasteiger partial charge in [0.25, 0.3) is 0 Å². The predicted octanol–water partition coefficient (Wildman–Crippen LogP) is 2.28. The first-order chi connectivity index (χ1) is 9.20. The van der Waals surface area contributed by atoms with Crippen molar-refractivity contribution in [1.82, 2.24) is 9.55 Å². The number of aliphatic hydroxyl groups excluding tert-OH is 1. The minimum atomic E-state index is 0.115. The zero-order valence-corrected chi connectivity index (χ0v) is 11.3. The van der Waals surface area contributed by atoms with Gasteiger partial charge in [0.15, 0.2) is 0 Å². The molecule has 0 bridgehead atoms. The lowest BCUT2D eigenvalue weighted by Crippen LogP contribution is -2.00. The number of imidazole rings is 1. The third kappa shape index (κ3) is 3.46. The Hall–Kier alpha value is -2.05. The second-order valence-corrected chi connectivity index (χ2v) is 4.52.